The van der Waals surface area contributed by atoms with E-state index in [4.69, 9.17) is 0 Å². The fourth-order valence-electron chi connectivity index (χ4n) is 8.23. The third-order valence-corrected chi connectivity index (χ3v) is 10.8. The highest BCUT2D eigenvalue weighted by Crippen LogP contribution is 2.46. The van der Waals surface area contributed by atoms with Gasteiger partial charge in [-0.05, 0) is 87.5 Å². The number of fused-ring (bicyclic) bond motifs is 3. The van der Waals surface area contributed by atoms with Crippen LogP contribution in [0.1, 0.15) is 0 Å². The van der Waals surface area contributed by atoms with Gasteiger partial charge in [-0.2, -0.15) is 0 Å². The van der Waals surface area contributed by atoms with Gasteiger partial charge in [-0.3, -0.25) is 0 Å². The predicted molar refractivity (Wildman–Crippen MR) is 237 cm³/mol. The summed E-state index contributed by atoms with van der Waals surface area (Å²) in [4.78, 5) is 2.43. The molecule has 0 fully saturated rings. The summed E-state index contributed by atoms with van der Waals surface area (Å²) in [5, 5.41) is 2.41. The molecule has 56 heavy (non-hydrogen) atoms. The second kappa shape index (κ2) is 14.4. The van der Waals surface area contributed by atoms with Gasteiger partial charge in [-0.25, -0.2) is 0 Å². The van der Waals surface area contributed by atoms with Gasteiger partial charge in [0.1, 0.15) is 0 Å². The lowest BCUT2D eigenvalue weighted by atomic mass is 9.92. The van der Waals surface area contributed by atoms with Gasteiger partial charge in [0.25, 0.3) is 0 Å². The van der Waals surface area contributed by atoms with E-state index in [1.165, 1.54) is 60.8 Å². The molecule has 0 aliphatic heterocycles. The molecule has 10 aromatic rings. The largest absolute Gasteiger partial charge is 0.310 e. The average molecular weight is 715 g/mol. The number of anilines is 3. The summed E-state index contributed by atoms with van der Waals surface area (Å²) in [6.07, 6.45) is 0. The van der Waals surface area contributed by atoms with Crippen LogP contribution >= 0.6 is 0 Å². The van der Waals surface area contributed by atoms with E-state index in [1.807, 2.05) is 0 Å². The first-order chi connectivity index (χ1) is 27.8. The molecule has 0 aliphatic rings. The van der Waals surface area contributed by atoms with Gasteiger partial charge in [0.15, 0.2) is 0 Å². The van der Waals surface area contributed by atoms with Gasteiger partial charge in [0.05, 0.1) is 22.4 Å². The van der Waals surface area contributed by atoms with Crippen molar-refractivity contribution < 1.29 is 0 Å². The predicted octanol–water partition coefficient (Wildman–Crippen LogP) is 14.9. The van der Waals surface area contributed by atoms with Crippen LogP contribution < -0.4 is 4.90 Å². The van der Waals surface area contributed by atoms with Crippen LogP contribution in [0.25, 0.3) is 72.0 Å². The van der Waals surface area contributed by atoms with E-state index in [2.05, 4.69) is 240 Å². The van der Waals surface area contributed by atoms with Crippen molar-refractivity contribution >= 4 is 38.9 Å². The van der Waals surface area contributed by atoms with Gasteiger partial charge < -0.3 is 9.47 Å². The highest BCUT2D eigenvalue weighted by molar-refractivity contribution is 6.17. The first-order valence-corrected chi connectivity index (χ1v) is 19.2. The zero-order valence-electron chi connectivity index (χ0n) is 30.8. The minimum absolute atomic E-state index is 1.09. The van der Waals surface area contributed by atoms with Crippen molar-refractivity contribution in [2.24, 2.45) is 0 Å². The van der Waals surface area contributed by atoms with Crippen molar-refractivity contribution in [1.82, 2.24) is 4.57 Å². The lowest BCUT2D eigenvalue weighted by Gasteiger charge is -2.28. The van der Waals surface area contributed by atoms with Crippen molar-refractivity contribution in [2.75, 3.05) is 4.90 Å². The van der Waals surface area contributed by atoms with Crippen LogP contribution in [0, 0.1) is 0 Å². The normalized spacial score (nSPS) is 11.2. The number of hydrogen-bond acceptors (Lipinski definition) is 1. The van der Waals surface area contributed by atoms with E-state index in [0.29, 0.717) is 0 Å². The molecule has 1 heterocycles. The summed E-state index contributed by atoms with van der Waals surface area (Å²) in [5.74, 6) is 0. The fraction of sp³-hybridized carbons (Fsp3) is 0. The van der Waals surface area contributed by atoms with Crippen molar-refractivity contribution in [1.29, 1.82) is 0 Å². The van der Waals surface area contributed by atoms with E-state index < -0.39 is 0 Å². The smallest absolute Gasteiger partial charge is 0.0562 e. The zero-order valence-corrected chi connectivity index (χ0v) is 30.8. The van der Waals surface area contributed by atoms with Crippen LogP contribution in [0.5, 0.6) is 0 Å². The highest BCUT2D eigenvalue weighted by Gasteiger charge is 2.23. The quantitative estimate of drug-likeness (QED) is 0.152. The van der Waals surface area contributed by atoms with Crippen LogP contribution in [0.4, 0.5) is 17.1 Å². The third-order valence-electron chi connectivity index (χ3n) is 10.8. The molecule has 0 spiro atoms. The van der Waals surface area contributed by atoms with E-state index in [-0.39, 0.29) is 0 Å². The number of rotatable bonds is 8. The number of hydrogen-bond donors (Lipinski definition) is 0. The maximum atomic E-state index is 2.44. The van der Waals surface area contributed by atoms with Crippen LogP contribution in [-0.2, 0) is 0 Å². The first kappa shape index (κ1) is 33.2. The molecule has 0 atom stereocenters. The highest BCUT2D eigenvalue weighted by atomic mass is 15.1. The first-order valence-electron chi connectivity index (χ1n) is 19.2. The Kier molecular flexibility index (Phi) is 8.55. The monoisotopic (exact) mass is 714 g/mol. The lowest BCUT2D eigenvalue weighted by Crippen LogP contribution is -2.10. The number of benzene rings is 9. The number of aromatic nitrogens is 1. The number of para-hydroxylation sites is 3. The summed E-state index contributed by atoms with van der Waals surface area (Å²) >= 11 is 0. The SMILES string of the molecule is c1ccc(-c2ccc(-c3ccc(N(c4ccccc4)c4cccc5c4c4ccccc4n5-c4ccccc4-c4ccccc4)cc3-c3ccccc3)cc2)cc1. The molecule has 9 aromatic carbocycles. The minimum atomic E-state index is 1.09. The molecule has 0 radical (unpaired) electrons. The zero-order chi connectivity index (χ0) is 37.3. The van der Waals surface area contributed by atoms with Crippen LogP contribution in [-0.4, -0.2) is 4.57 Å². The minimum Gasteiger partial charge on any atom is -0.310 e. The molecule has 0 N–H and O–H groups in total. The topological polar surface area (TPSA) is 8.17 Å². The van der Waals surface area contributed by atoms with Crippen molar-refractivity contribution in [2.45, 2.75) is 0 Å². The van der Waals surface area contributed by atoms with Gasteiger partial charge in [0, 0.05) is 27.7 Å². The maximum absolute atomic E-state index is 2.44. The molecule has 0 saturated carbocycles. The van der Waals surface area contributed by atoms with Crippen LogP contribution in [0.3, 0.4) is 0 Å². The van der Waals surface area contributed by atoms with Crippen molar-refractivity contribution in [3.63, 3.8) is 0 Å². The second-order valence-electron chi connectivity index (χ2n) is 14.1. The molecule has 0 aliphatic carbocycles. The maximum Gasteiger partial charge on any atom is 0.0562 e. The van der Waals surface area contributed by atoms with Gasteiger partial charge >= 0.3 is 0 Å². The molecule has 1 aromatic heterocycles. The Bertz CT molecular complexity index is 2930. The molecular weight excluding hydrogens is 677 g/mol. The Hall–Kier alpha value is -7.42. The third kappa shape index (κ3) is 5.95. The standard InChI is InChI=1S/C54H38N2/c1-5-18-39(19-6-1)40-32-34-43(35-33-40)46-37-36-45(38-49(46)42-22-9-3-10-23-42)55(44-24-11-4-12-25-44)52-30-17-31-53-54(52)48-27-14-16-29-51(48)56(53)50-28-15-13-26-47(50)41-20-7-2-8-21-41/h1-38H. The van der Waals surface area contributed by atoms with Crippen molar-refractivity contribution in [3.8, 4) is 50.2 Å². The van der Waals surface area contributed by atoms with Crippen molar-refractivity contribution in [3.05, 3.63) is 231 Å². The Morgan fingerprint density at radius 3 is 1.54 bits per heavy atom. The molecule has 2 heteroatoms. The lowest BCUT2D eigenvalue weighted by molar-refractivity contribution is 1.18. The van der Waals surface area contributed by atoms with E-state index in [9.17, 15) is 0 Å². The second-order valence-corrected chi connectivity index (χ2v) is 14.1. The number of nitrogens with zero attached hydrogens (tertiary/aromatic N) is 2. The summed E-state index contributed by atoms with van der Waals surface area (Å²) in [5.41, 5.74) is 16.4. The van der Waals surface area contributed by atoms with E-state index in [1.54, 1.807) is 0 Å². The van der Waals surface area contributed by atoms with Crippen LogP contribution in [0.15, 0.2) is 231 Å². The molecular formula is C54H38N2. The molecule has 0 saturated heterocycles. The molecule has 0 unspecified atom stereocenters. The van der Waals surface area contributed by atoms with Crippen LogP contribution in [0.2, 0.25) is 0 Å². The Morgan fingerprint density at radius 1 is 0.304 bits per heavy atom. The summed E-state index contributed by atoms with van der Waals surface area (Å²) < 4.78 is 2.44. The fourth-order valence-corrected chi connectivity index (χ4v) is 8.23. The molecule has 0 bridgehead atoms. The Labute approximate surface area is 327 Å². The van der Waals surface area contributed by atoms with Gasteiger partial charge in [-0.15, -0.1) is 0 Å². The van der Waals surface area contributed by atoms with E-state index >= 15 is 0 Å². The Morgan fingerprint density at radius 2 is 0.821 bits per heavy atom. The molecule has 2 nitrogen and oxygen atoms in total. The Balaban J connectivity index is 1.19. The summed E-state index contributed by atoms with van der Waals surface area (Å²) in [7, 11) is 0. The van der Waals surface area contributed by atoms with E-state index in [0.717, 1.165) is 28.3 Å². The van der Waals surface area contributed by atoms with Gasteiger partial charge in [0.2, 0.25) is 0 Å². The summed E-state index contributed by atoms with van der Waals surface area (Å²) in [6.45, 7) is 0. The van der Waals surface area contributed by atoms with Gasteiger partial charge in [-0.1, -0.05) is 182 Å². The summed E-state index contributed by atoms with van der Waals surface area (Å²) in [6, 6.07) is 83.0. The molecule has 264 valence electrons. The average Bonchev–Trinajstić information content (AvgIpc) is 3.63. The molecule has 0 amide bonds. The molecule has 10 rings (SSSR count).